The molecule has 4 aromatic heterocycles. The number of aromatic nitrogens is 5. The third kappa shape index (κ3) is 3.32. The van der Waals surface area contributed by atoms with Crippen molar-refractivity contribution in [1.82, 2.24) is 23.6 Å². The first-order valence-corrected chi connectivity index (χ1v) is 12.8. The van der Waals surface area contributed by atoms with Gasteiger partial charge in [-0.2, -0.15) is 5.10 Å². The van der Waals surface area contributed by atoms with Gasteiger partial charge in [0, 0.05) is 40.2 Å². The predicted octanol–water partition coefficient (Wildman–Crippen LogP) is 5.43. The smallest absolute Gasteiger partial charge is 0.237 e. The van der Waals surface area contributed by atoms with Crippen LogP contribution in [-0.2, 0) is 15.4 Å². The minimum Gasteiger partial charge on any atom is -0.237 e. The van der Waals surface area contributed by atoms with Crippen LogP contribution >= 0.6 is 0 Å². The molecule has 8 heteroatoms. The molecule has 0 unspecified atom stereocenters. The molecule has 4 heterocycles. The first-order chi connectivity index (χ1) is 16.7. The average molecular weight is 482 g/mol. The van der Waals surface area contributed by atoms with E-state index in [-0.39, 0.29) is 10.3 Å². The van der Waals surface area contributed by atoms with Crippen LogP contribution < -0.4 is 0 Å². The Balaban J connectivity index is 1.69. The van der Waals surface area contributed by atoms with E-state index in [1.165, 1.54) is 3.97 Å². The summed E-state index contributed by atoms with van der Waals surface area (Å²) < 4.78 is 30.3. The van der Waals surface area contributed by atoms with Crippen molar-refractivity contribution in [3.05, 3.63) is 90.9 Å². The molecule has 0 aliphatic carbocycles. The predicted molar refractivity (Wildman–Crippen MR) is 137 cm³/mol. The summed E-state index contributed by atoms with van der Waals surface area (Å²) in [5, 5.41) is 6.42. The molecule has 0 spiro atoms. The summed E-state index contributed by atoms with van der Waals surface area (Å²) in [6.07, 6.45) is 3.23. The van der Waals surface area contributed by atoms with Crippen molar-refractivity contribution in [2.24, 2.45) is 0 Å². The van der Waals surface area contributed by atoms with E-state index in [0.29, 0.717) is 27.9 Å². The van der Waals surface area contributed by atoms with E-state index in [0.717, 1.165) is 16.6 Å². The van der Waals surface area contributed by atoms with Gasteiger partial charge in [-0.1, -0.05) is 57.2 Å². The van der Waals surface area contributed by atoms with Crippen LogP contribution in [0.25, 0.3) is 38.8 Å². The Hall–Kier alpha value is -4.04. The summed E-state index contributed by atoms with van der Waals surface area (Å²) in [4.78, 5) is 9.63. The number of fused-ring (bicyclic) bond motifs is 4. The molecular weight excluding hydrogens is 458 g/mol. The Morgan fingerprint density at radius 1 is 0.857 bits per heavy atom. The first-order valence-electron chi connectivity index (χ1n) is 11.3. The number of nitrogens with zero attached hydrogens (tertiary/aromatic N) is 5. The van der Waals surface area contributed by atoms with E-state index in [1.807, 2.05) is 47.0 Å². The molecule has 0 atom stereocenters. The fourth-order valence-corrected chi connectivity index (χ4v) is 5.69. The Morgan fingerprint density at radius 3 is 2.34 bits per heavy atom. The SMILES string of the molecule is CC(C)(C)c1cc2nc(-c3cn(S(=O)(=O)c4ccccc4)c4ncccc34)c3ccccc3n2n1. The number of hydrogen-bond acceptors (Lipinski definition) is 5. The van der Waals surface area contributed by atoms with Gasteiger partial charge in [-0.15, -0.1) is 0 Å². The van der Waals surface area contributed by atoms with Gasteiger partial charge in [-0.3, -0.25) is 0 Å². The van der Waals surface area contributed by atoms with Gasteiger partial charge in [0.05, 0.1) is 21.8 Å². The van der Waals surface area contributed by atoms with Gasteiger partial charge in [-0.05, 0) is 30.3 Å². The van der Waals surface area contributed by atoms with E-state index < -0.39 is 10.0 Å². The van der Waals surface area contributed by atoms with Crippen molar-refractivity contribution in [3.63, 3.8) is 0 Å². The second kappa shape index (κ2) is 7.48. The third-order valence-corrected chi connectivity index (χ3v) is 7.82. The maximum absolute atomic E-state index is 13.6. The van der Waals surface area contributed by atoms with E-state index in [9.17, 15) is 8.42 Å². The monoisotopic (exact) mass is 481 g/mol. The van der Waals surface area contributed by atoms with Gasteiger partial charge < -0.3 is 0 Å². The standard InChI is InChI=1S/C27H23N5O2S/c1-27(2,3)23-16-24-29-25(20-12-7-8-14-22(20)32(24)30-23)21-17-31(26-19(21)13-9-15-28-26)35(33,34)18-10-5-4-6-11-18/h4-17H,1-3H3. The summed E-state index contributed by atoms with van der Waals surface area (Å²) in [7, 11) is -3.85. The summed E-state index contributed by atoms with van der Waals surface area (Å²) in [6, 6.07) is 22.0. The van der Waals surface area contributed by atoms with Crippen LogP contribution in [0.3, 0.4) is 0 Å². The van der Waals surface area contributed by atoms with Crippen molar-refractivity contribution < 1.29 is 8.42 Å². The number of pyridine rings is 1. The minimum absolute atomic E-state index is 0.140. The molecule has 0 radical (unpaired) electrons. The van der Waals surface area contributed by atoms with Crippen LogP contribution in [0, 0.1) is 0 Å². The van der Waals surface area contributed by atoms with Crippen molar-refractivity contribution >= 4 is 37.6 Å². The molecule has 0 fully saturated rings. The van der Waals surface area contributed by atoms with Gasteiger partial charge in [0.15, 0.2) is 11.3 Å². The van der Waals surface area contributed by atoms with Gasteiger partial charge in [0.1, 0.15) is 0 Å². The number of hydrogen-bond donors (Lipinski definition) is 0. The van der Waals surface area contributed by atoms with E-state index in [2.05, 4.69) is 25.8 Å². The molecule has 6 rings (SSSR count). The quantitative estimate of drug-likeness (QED) is 0.336. The Morgan fingerprint density at radius 2 is 1.57 bits per heavy atom. The van der Waals surface area contributed by atoms with Gasteiger partial charge in [0.2, 0.25) is 0 Å². The average Bonchev–Trinajstić information content (AvgIpc) is 3.47. The molecular formula is C27H23N5O2S. The normalized spacial score (nSPS) is 12.7. The second-order valence-corrected chi connectivity index (χ2v) is 11.4. The van der Waals surface area contributed by atoms with Crippen LogP contribution in [0.15, 0.2) is 90.1 Å². The van der Waals surface area contributed by atoms with Crippen molar-refractivity contribution in [3.8, 4) is 11.3 Å². The highest BCUT2D eigenvalue weighted by molar-refractivity contribution is 7.90. The molecule has 7 nitrogen and oxygen atoms in total. The molecule has 0 N–H and O–H groups in total. The van der Waals surface area contributed by atoms with E-state index in [4.69, 9.17) is 10.1 Å². The van der Waals surface area contributed by atoms with Crippen LogP contribution in [0.2, 0.25) is 0 Å². The lowest BCUT2D eigenvalue weighted by Gasteiger charge is -2.13. The van der Waals surface area contributed by atoms with Crippen molar-refractivity contribution in [2.75, 3.05) is 0 Å². The summed E-state index contributed by atoms with van der Waals surface area (Å²) in [5.74, 6) is 0. The lowest BCUT2D eigenvalue weighted by molar-refractivity contribution is 0.564. The molecule has 6 aromatic rings. The van der Waals surface area contributed by atoms with Crippen LogP contribution in [-0.4, -0.2) is 32.0 Å². The summed E-state index contributed by atoms with van der Waals surface area (Å²) >= 11 is 0. The molecule has 174 valence electrons. The van der Waals surface area contributed by atoms with E-state index in [1.54, 1.807) is 42.7 Å². The maximum Gasteiger partial charge on any atom is 0.269 e. The molecule has 0 aliphatic rings. The highest BCUT2D eigenvalue weighted by Crippen LogP contribution is 2.36. The zero-order valence-electron chi connectivity index (χ0n) is 19.5. The number of rotatable bonds is 3. The van der Waals surface area contributed by atoms with Gasteiger partial charge in [-0.25, -0.2) is 26.9 Å². The number of para-hydroxylation sites is 1. The zero-order chi connectivity index (χ0) is 24.4. The van der Waals surface area contributed by atoms with Crippen molar-refractivity contribution in [1.29, 1.82) is 0 Å². The number of benzene rings is 2. The van der Waals surface area contributed by atoms with Gasteiger partial charge >= 0.3 is 0 Å². The molecule has 35 heavy (non-hydrogen) atoms. The molecule has 0 saturated carbocycles. The fraction of sp³-hybridized carbons (Fsp3) is 0.148. The Kier molecular flexibility index (Phi) is 4.59. The second-order valence-electron chi connectivity index (χ2n) is 9.56. The minimum atomic E-state index is -3.85. The zero-order valence-corrected chi connectivity index (χ0v) is 20.4. The highest BCUT2D eigenvalue weighted by atomic mass is 32.2. The Labute approximate surface area is 202 Å². The molecule has 2 aromatic carbocycles. The molecule has 0 aliphatic heterocycles. The molecule has 0 saturated heterocycles. The molecule has 0 amide bonds. The summed E-state index contributed by atoms with van der Waals surface area (Å²) in [6.45, 7) is 6.35. The van der Waals surface area contributed by atoms with Gasteiger partial charge in [0.25, 0.3) is 10.0 Å². The lowest BCUT2D eigenvalue weighted by atomic mass is 9.93. The van der Waals surface area contributed by atoms with Crippen LogP contribution in [0.5, 0.6) is 0 Å². The third-order valence-electron chi connectivity index (χ3n) is 6.16. The largest absolute Gasteiger partial charge is 0.269 e. The Bertz CT molecular complexity index is 1850. The summed E-state index contributed by atoms with van der Waals surface area (Å²) in [5.41, 5.74) is 4.15. The molecule has 0 bridgehead atoms. The van der Waals surface area contributed by atoms with E-state index >= 15 is 0 Å². The van der Waals surface area contributed by atoms with Crippen LogP contribution in [0.4, 0.5) is 0 Å². The first kappa shape index (κ1) is 21.5. The fourth-order valence-electron chi connectivity index (χ4n) is 4.34. The van der Waals surface area contributed by atoms with Crippen LogP contribution in [0.1, 0.15) is 26.5 Å². The lowest BCUT2D eigenvalue weighted by Crippen LogP contribution is -2.12. The maximum atomic E-state index is 13.6. The highest BCUT2D eigenvalue weighted by Gasteiger charge is 2.25. The van der Waals surface area contributed by atoms with Crippen molar-refractivity contribution in [2.45, 2.75) is 31.1 Å². The topological polar surface area (TPSA) is 82.1 Å².